The van der Waals surface area contributed by atoms with Gasteiger partial charge in [-0.05, 0) is 69.7 Å². The van der Waals surface area contributed by atoms with Gasteiger partial charge in [-0.15, -0.1) is 0 Å². The van der Waals surface area contributed by atoms with E-state index in [0.717, 1.165) is 0 Å². The highest BCUT2D eigenvalue weighted by Crippen LogP contribution is 2.36. The number of esters is 1. The van der Waals surface area contributed by atoms with Gasteiger partial charge >= 0.3 is 5.97 Å². The van der Waals surface area contributed by atoms with Crippen molar-refractivity contribution in [3.05, 3.63) is 83.5 Å². The number of allylic oxidation sites excluding steroid dienone is 1. The minimum Gasteiger partial charge on any atom is -0.493 e. The third kappa shape index (κ3) is 5.91. The molecule has 0 fully saturated rings. The Morgan fingerprint density at radius 2 is 1.98 bits per heavy atom. The van der Waals surface area contributed by atoms with Gasteiger partial charge in [-0.25, -0.2) is 9.79 Å². The smallest absolute Gasteiger partial charge is 0.338 e. The molecule has 0 saturated carbocycles. The zero-order chi connectivity index (χ0) is 29.0. The molecule has 2 heterocycles. The standard InChI is InChI=1S/C29H28ClN3O6S/c1-6-37-28(35)25-17(4)32-29-33(26(25)18-7-9-22(39-16(2)3)23(14-18)36-5)27(34)24(40-29)15-19-13-20(30)8-10-21(19)38-12-11-31/h7-10,13-16,26H,6,12H2,1-5H3/b24-15+/t26-/m1/s1. The van der Waals surface area contributed by atoms with Crippen molar-refractivity contribution < 1.29 is 23.7 Å². The van der Waals surface area contributed by atoms with Gasteiger partial charge in [-0.1, -0.05) is 29.0 Å². The van der Waals surface area contributed by atoms with Crippen molar-refractivity contribution in [3.63, 3.8) is 0 Å². The predicted octanol–water partition coefficient (Wildman–Crippen LogP) is 4.15. The number of rotatable bonds is 9. The minimum atomic E-state index is -0.826. The quantitative estimate of drug-likeness (QED) is 0.349. The number of benzene rings is 2. The zero-order valence-electron chi connectivity index (χ0n) is 22.7. The number of halogens is 1. The van der Waals surface area contributed by atoms with Crippen LogP contribution in [0.3, 0.4) is 0 Å². The molecular weight excluding hydrogens is 554 g/mol. The van der Waals surface area contributed by atoms with Crippen molar-refractivity contribution in [1.82, 2.24) is 4.57 Å². The van der Waals surface area contributed by atoms with E-state index in [1.165, 1.54) is 23.0 Å². The van der Waals surface area contributed by atoms with Gasteiger partial charge in [0.25, 0.3) is 5.56 Å². The van der Waals surface area contributed by atoms with Gasteiger partial charge in [0, 0.05) is 10.6 Å². The summed E-state index contributed by atoms with van der Waals surface area (Å²) < 4.78 is 24.2. The summed E-state index contributed by atoms with van der Waals surface area (Å²) in [5, 5.41) is 9.39. The zero-order valence-corrected chi connectivity index (χ0v) is 24.3. The largest absolute Gasteiger partial charge is 0.493 e. The lowest BCUT2D eigenvalue weighted by molar-refractivity contribution is -0.139. The highest BCUT2D eigenvalue weighted by atomic mass is 35.5. The van der Waals surface area contributed by atoms with E-state index < -0.39 is 12.0 Å². The van der Waals surface area contributed by atoms with Crippen LogP contribution in [0, 0.1) is 11.3 Å². The third-order valence-corrected chi connectivity index (χ3v) is 7.15. The maximum absolute atomic E-state index is 13.9. The van der Waals surface area contributed by atoms with Gasteiger partial charge in [-0.3, -0.25) is 9.36 Å². The average molecular weight is 582 g/mol. The molecule has 4 rings (SSSR count). The fraction of sp³-hybridized carbons (Fsp3) is 0.310. The Bertz CT molecular complexity index is 1700. The van der Waals surface area contributed by atoms with Crippen LogP contribution in [0.15, 0.2) is 57.5 Å². The Kier molecular flexibility index (Phi) is 8.97. The predicted molar refractivity (Wildman–Crippen MR) is 152 cm³/mol. The molecule has 0 radical (unpaired) electrons. The first-order chi connectivity index (χ1) is 19.2. The molecule has 0 aliphatic carbocycles. The van der Waals surface area contributed by atoms with Crippen LogP contribution in [-0.4, -0.2) is 37.0 Å². The molecule has 3 aromatic rings. The number of fused-ring (bicyclic) bond motifs is 1. The number of nitrogens with zero attached hydrogens (tertiary/aromatic N) is 3. The molecule has 208 valence electrons. The van der Waals surface area contributed by atoms with E-state index >= 15 is 0 Å². The minimum absolute atomic E-state index is 0.0804. The Morgan fingerprint density at radius 1 is 1.23 bits per heavy atom. The molecule has 1 atom stereocenters. The molecule has 1 aromatic heterocycles. The third-order valence-electron chi connectivity index (χ3n) is 5.93. The number of hydrogen-bond donors (Lipinski definition) is 0. The van der Waals surface area contributed by atoms with Crippen LogP contribution in [0.5, 0.6) is 17.2 Å². The van der Waals surface area contributed by atoms with E-state index in [-0.39, 0.29) is 30.5 Å². The molecule has 0 unspecified atom stereocenters. The molecule has 0 spiro atoms. The van der Waals surface area contributed by atoms with Gasteiger partial charge in [0.05, 0.1) is 41.7 Å². The van der Waals surface area contributed by atoms with Gasteiger partial charge < -0.3 is 18.9 Å². The summed E-state index contributed by atoms with van der Waals surface area (Å²) in [6.45, 7) is 7.26. The van der Waals surface area contributed by atoms with Crippen LogP contribution < -0.4 is 29.1 Å². The highest BCUT2D eigenvalue weighted by molar-refractivity contribution is 7.07. The summed E-state index contributed by atoms with van der Waals surface area (Å²) in [6, 6.07) is 11.3. The maximum atomic E-state index is 13.9. The number of methoxy groups -OCH3 is 1. The Morgan fingerprint density at radius 3 is 2.65 bits per heavy atom. The van der Waals surface area contributed by atoms with Gasteiger partial charge in [0.2, 0.25) is 0 Å². The van der Waals surface area contributed by atoms with Crippen molar-refractivity contribution in [1.29, 1.82) is 5.26 Å². The van der Waals surface area contributed by atoms with Gasteiger partial charge in [0.1, 0.15) is 11.8 Å². The van der Waals surface area contributed by atoms with Crippen molar-refractivity contribution in [2.75, 3.05) is 20.3 Å². The molecule has 0 N–H and O–H groups in total. The van der Waals surface area contributed by atoms with E-state index in [1.807, 2.05) is 19.9 Å². The fourth-order valence-electron chi connectivity index (χ4n) is 4.33. The molecular formula is C29H28ClN3O6S. The van der Waals surface area contributed by atoms with Gasteiger partial charge in [-0.2, -0.15) is 5.26 Å². The molecule has 11 heteroatoms. The van der Waals surface area contributed by atoms with Crippen molar-refractivity contribution in [2.45, 2.75) is 39.8 Å². The maximum Gasteiger partial charge on any atom is 0.338 e. The molecule has 0 bridgehead atoms. The lowest BCUT2D eigenvalue weighted by Crippen LogP contribution is -2.40. The first kappa shape index (κ1) is 28.9. The first-order valence-corrected chi connectivity index (χ1v) is 13.7. The Labute approximate surface area is 240 Å². The summed E-state index contributed by atoms with van der Waals surface area (Å²) in [6.07, 6.45) is 1.56. The lowest BCUT2D eigenvalue weighted by atomic mass is 9.95. The molecule has 0 saturated heterocycles. The summed E-state index contributed by atoms with van der Waals surface area (Å²) in [5.74, 6) is 0.844. The van der Waals surface area contributed by atoms with Crippen LogP contribution in [0.25, 0.3) is 6.08 Å². The summed E-state index contributed by atoms with van der Waals surface area (Å²) in [5.41, 5.74) is 1.48. The number of hydrogen-bond acceptors (Lipinski definition) is 9. The van der Waals surface area contributed by atoms with E-state index in [2.05, 4.69) is 4.99 Å². The van der Waals surface area contributed by atoms with Crippen LogP contribution >= 0.6 is 22.9 Å². The molecule has 1 aliphatic rings. The molecule has 0 amide bonds. The Balaban J connectivity index is 1.95. The van der Waals surface area contributed by atoms with Crippen molar-refractivity contribution in [2.24, 2.45) is 4.99 Å². The molecule has 40 heavy (non-hydrogen) atoms. The average Bonchev–Trinajstić information content (AvgIpc) is 3.21. The summed E-state index contributed by atoms with van der Waals surface area (Å²) >= 11 is 7.39. The number of carbonyl (C=O) groups excluding carboxylic acids is 1. The van der Waals surface area contributed by atoms with Crippen LogP contribution in [0.4, 0.5) is 0 Å². The van der Waals surface area contributed by atoms with Crippen LogP contribution in [0.2, 0.25) is 5.02 Å². The van der Waals surface area contributed by atoms with E-state index in [0.29, 0.717) is 48.4 Å². The summed E-state index contributed by atoms with van der Waals surface area (Å²) in [4.78, 5) is 32.1. The van der Waals surface area contributed by atoms with E-state index in [9.17, 15) is 9.59 Å². The van der Waals surface area contributed by atoms with E-state index in [1.54, 1.807) is 56.3 Å². The highest BCUT2D eigenvalue weighted by Gasteiger charge is 2.34. The number of nitriles is 1. The SMILES string of the molecule is CCOC(=O)C1=C(C)N=c2s/c(=C/c3cc(Cl)ccc3OCC#N)c(=O)n2[C@@H]1c1ccc(OC(C)C)c(OC)c1. The van der Waals surface area contributed by atoms with Gasteiger partial charge in [0.15, 0.2) is 22.9 Å². The molecule has 9 nitrogen and oxygen atoms in total. The van der Waals surface area contributed by atoms with Crippen LogP contribution in [0.1, 0.15) is 44.9 Å². The fourth-order valence-corrected chi connectivity index (χ4v) is 5.55. The van der Waals surface area contributed by atoms with Crippen molar-refractivity contribution >= 4 is 35.0 Å². The number of thiazole rings is 1. The lowest BCUT2D eigenvalue weighted by Gasteiger charge is -2.25. The second-order valence-electron chi connectivity index (χ2n) is 9.01. The molecule has 2 aromatic carbocycles. The second kappa shape index (κ2) is 12.4. The number of carbonyl (C=O) groups is 1. The Hall–Kier alpha value is -4.07. The number of ether oxygens (including phenoxy) is 4. The second-order valence-corrected chi connectivity index (χ2v) is 10.5. The molecule has 1 aliphatic heterocycles. The van der Waals surface area contributed by atoms with Crippen molar-refractivity contribution in [3.8, 4) is 23.3 Å². The van der Waals surface area contributed by atoms with Crippen LogP contribution in [-0.2, 0) is 9.53 Å². The van der Waals surface area contributed by atoms with E-state index in [4.69, 9.17) is 35.8 Å². The number of aromatic nitrogens is 1. The topological polar surface area (TPSA) is 112 Å². The normalized spacial score (nSPS) is 14.8. The first-order valence-electron chi connectivity index (χ1n) is 12.5. The monoisotopic (exact) mass is 581 g/mol. The summed E-state index contributed by atoms with van der Waals surface area (Å²) in [7, 11) is 1.53.